The molecule has 1 heterocycles. The van der Waals surface area contributed by atoms with E-state index < -0.39 is 30.2 Å². The number of aliphatic hydroxyl groups excluding tert-OH is 1. The maximum atomic E-state index is 10.9. The Morgan fingerprint density at radius 3 is 1.76 bits per heavy atom. The summed E-state index contributed by atoms with van der Waals surface area (Å²) in [6.45, 7) is 3.05. The van der Waals surface area contributed by atoms with Crippen LogP contribution in [0.15, 0.2) is 133 Å². The van der Waals surface area contributed by atoms with Gasteiger partial charge in [-0.05, 0) is 65.4 Å². The van der Waals surface area contributed by atoms with Crippen LogP contribution in [-0.2, 0) is 60.5 Å². The van der Waals surface area contributed by atoms with Crippen molar-refractivity contribution >= 4 is 18.0 Å². The van der Waals surface area contributed by atoms with E-state index in [-0.39, 0.29) is 32.8 Å². The third-order valence-electron chi connectivity index (χ3n) is 9.09. The molecule has 5 aromatic carbocycles. The number of primary amides is 1. The van der Waals surface area contributed by atoms with Crippen LogP contribution in [0.3, 0.4) is 0 Å². The number of aliphatic hydroxyl groups is 1. The molecule has 9 nitrogen and oxygen atoms in total. The van der Waals surface area contributed by atoms with E-state index in [4.69, 9.17) is 44.8 Å². The topological polar surface area (TPSA) is 119 Å². The highest BCUT2D eigenvalue weighted by atomic mass is 35.5. The summed E-state index contributed by atoms with van der Waals surface area (Å²) < 4.78 is 39.2. The molecule has 10 heteroatoms. The number of amides is 1. The van der Waals surface area contributed by atoms with Gasteiger partial charge in [-0.3, -0.25) is 4.79 Å². The van der Waals surface area contributed by atoms with E-state index in [0.717, 1.165) is 33.6 Å². The lowest BCUT2D eigenvalue weighted by Gasteiger charge is -2.52. The molecule has 6 rings (SSSR count). The van der Waals surface area contributed by atoms with E-state index in [1.165, 1.54) is 0 Å². The second kappa shape index (κ2) is 20.8. The van der Waals surface area contributed by atoms with E-state index >= 15 is 0 Å². The highest BCUT2D eigenvalue weighted by Crippen LogP contribution is 2.44. The number of carbonyl (C=O) groups is 1. The van der Waals surface area contributed by atoms with Crippen molar-refractivity contribution in [2.75, 3.05) is 20.3 Å². The Balaban J connectivity index is 0.00000181. The number of hydrogen-bond acceptors (Lipinski definition) is 8. The van der Waals surface area contributed by atoms with E-state index in [1.807, 2.05) is 140 Å². The zero-order valence-corrected chi connectivity index (χ0v) is 31.3. The van der Waals surface area contributed by atoms with Crippen molar-refractivity contribution in [3.63, 3.8) is 0 Å². The van der Waals surface area contributed by atoms with Gasteiger partial charge < -0.3 is 39.3 Å². The fraction of sp³-hybridized carbons (Fsp3) is 0.295. The molecule has 0 bridgehead atoms. The number of methoxy groups -OCH3 is 1. The normalized spacial score (nSPS) is 20.7. The Hall–Kier alpha value is -4.58. The van der Waals surface area contributed by atoms with Gasteiger partial charge in [0, 0.05) is 17.7 Å². The van der Waals surface area contributed by atoms with E-state index in [1.54, 1.807) is 7.11 Å². The Morgan fingerprint density at radius 2 is 1.26 bits per heavy atom. The number of ether oxygens (including phenoxy) is 6. The fourth-order valence-corrected chi connectivity index (χ4v) is 6.70. The van der Waals surface area contributed by atoms with E-state index in [2.05, 4.69) is 5.73 Å². The lowest BCUT2D eigenvalue weighted by atomic mass is 9.86. The molecule has 5 atom stereocenters. The standard InChI is InChI=1S/C43H45ClO7.CH3NO/c1-3-47-37-22-19-31(20-23-37)25-35-26-36(21-24-38(35)44)43(46-2)42(50-30-34-17-11-6-12-18-34)41(49-29-33-15-9-5-10-16-33)40(39(27-45)51-43)48-28-32-13-7-4-8-14-32;2-1-3/h4-24,26,39-42,45H,3,25,27-30H2,1-2H3;1H,(H2,2,3)/t39?,40-,41?,42-,43+;/m1./s1. The summed E-state index contributed by atoms with van der Waals surface area (Å²) in [7, 11) is 1.59. The predicted molar refractivity (Wildman–Crippen MR) is 208 cm³/mol. The number of rotatable bonds is 16. The SMILES string of the molecule is CCOc1ccc(Cc2cc([C@]3(OC)OC(CO)[C@@H](OCc4ccccc4)C(OCc4ccccc4)[C@H]3OCc3ccccc3)ccc2Cl)cc1.NC=O. The van der Waals surface area contributed by atoms with Gasteiger partial charge in [0.2, 0.25) is 12.2 Å². The van der Waals surface area contributed by atoms with Gasteiger partial charge in [0.1, 0.15) is 30.2 Å². The van der Waals surface area contributed by atoms with Crippen LogP contribution in [-0.4, -0.2) is 56.3 Å². The number of nitrogens with two attached hydrogens (primary N) is 1. The van der Waals surface area contributed by atoms with Gasteiger partial charge in [-0.1, -0.05) is 121 Å². The van der Waals surface area contributed by atoms with Gasteiger partial charge in [-0.15, -0.1) is 0 Å². The second-order valence-corrected chi connectivity index (χ2v) is 13.1. The van der Waals surface area contributed by atoms with Crippen molar-refractivity contribution in [2.45, 2.75) is 63.4 Å². The second-order valence-electron chi connectivity index (χ2n) is 12.6. The molecule has 0 radical (unpaired) electrons. The molecular weight excluding hydrogens is 706 g/mol. The van der Waals surface area contributed by atoms with Crippen LogP contribution in [0.2, 0.25) is 5.02 Å². The van der Waals surface area contributed by atoms with Crippen molar-refractivity contribution in [1.29, 1.82) is 0 Å². The lowest BCUT2D eigenvalue weighted by Crippen LogP contribution is -2.66. The molecule has 1 saturated heterocycles. The summed E-state index contributed by atoms with van der Waals surface area (Å²) in [6.07, 6.45) is -2.28. The number of hydrogen-bond donors (Lipinski definition) is 2. The van der Waals surface area contributed by atoms with Crippen LogP contribution >= 0.6 is 11.6 Å². The zero-order chi connectivity index (χ0) is 38.2. The van der Waals surface area contributed by atoms with Crippen LogP contribution in [0.5, 0.6) is 5.75 Å². The molecule has 0 saturated carbocycles. The molecule has 0 aliphatic carbocycles. The van der Waals surface area contributed by atoms with Crippen molar-refractivity contribution in [3.05, 3.63) is 172 Å². The average molecular weight is 754 g/mol. The molecule has 1 amide bonds. The molecule has 3 N–H and O–H groups in total. The molecular formula is C44H48ClNO8. The van der Waals surface area contributed by atoms with Crippen molar-refractivity contribution < 1.29 is 38.3 Å². The van der Waals surface area contributed by atoms with Crippen molar-refractivity contribution in [1.82, 2.24) is 0 Å². The maximum absolute atomic E-state index is 10.9. The van der Waals surface area contributed by atoms with Crippen molar-refractivity contribution in [3.8, 4) is 5.75 Å². The van der Waals surface area contributed by atoms with Gasteiger partial charge in [-0.25, -0.2) is 0 Å². The summed E-state index contributed by atoms with van der Waals surface area (Å²) in [5.41, 5.74) is 9.74. The largest absolute Gasteiger partial charge is 0.494 e. The summed E-state index contributed by atoms with van der Waals surface area (Å²) in [6, 6.07) is 43.5. The summed E-state index contributed by atoms with van der Waals surface area (Å²) >= 11 is 6.83. The third-order valence-corrected chi connectivity index (χ3v) is 9.46. The Labute approximate surface area is 322 Å². The first-order valence-corrected chi connectivity index (χ1v) is 18.3. The highest BCUT2D eigenvalue weighted by molar-refractivity contribution is 6.31. The van der Waals surface area contributed by atoms with Gasteiger partial charge in [-0.2, -0.15) is 0 Å². The Kier molecular flexibility index (Phi) is 15.6. The molecule has 54 heavy (non-hydrogen) atoms. The van der Waals surface area contributed by atoms with Crippen molar-refractivity contribution in [2.24, 2.45) is 5.73 Å². The summed E-state index contributed by atoms with van der Waals surface area (Å²) in [5.74, 6) is -0.692. The summed E-state index contributed by atoms with van der Waals surface area (Å²) in [4.78, 5) is 8.58. The lowest BCUT2D eigenvalue weighted by molar-refractivity contribution is -0.384. The minimum atomic E-state index is -1.51. The summed E-state index contributed by atoms with van der Waals surface area (Å²) in [5, 5.41) is 11.5. The highest BCUT2D eigenvalue weighted by Gasteiger charge is 2.58. The van der Waals surface area contributed by atoms with Crippen LogP contribution in [0.4, 0.5) is 0 Å². The molecule has 0 aromatic heterocycles. The minimum absolute atomic E-state index is 0.250. The zero-order valence-electron chi connectivity index (χ0n) is 30.6. The molecule has 1 fully saturated rings. The first kappa shape index (κ1) is 40.6. The quantitative estimate of drug-likeness (QED) is 0.100. The van der Waals surface area contributed by atoms with Crippen LogP contribution < -0.4 is 10.5 Å². The number of halogens is 1. The number of benzene rings is 5. The fourth-order valence-electron chi connectivity index (χ4n) is 6.51. The van der Waals surface area contributed by atoms with Crippen LogP contribution in [0, 0.1) is 0 Å². The predicted octanol–water partition coefficient (Wildman–Crippen LogP) is 7.38. The molecule has 1 aliphatic rings. The average Bonchev–Trinajstić information content (AvgIpc) is 3.21. The van der Waals surface area contributed by atoms with E-state index in [0.29, 0.717) is 23.6 Å². The monoisotopic (exact) mass is 753 g/mol. The van der Waals surface area contributed by atoms with Crippen LogP contribution in [0.1, 0.15) is 40.3 Å². The Bertz CT molecular complexity index is 1830. The maximum Gasteiger partial charge on any atom is 0.225 e. The number of carbonyl (C=O) groups excluding carboxylic acids is 1. The van der Waals surface area contributed by atoms with Gasteiger partial charge >= 0.3 is 0 Å². The van der Waals surface area contributed by atoms with Gasteiger partial charge in [0.15, 0.2) is 0 Å². The van der Waals surface area contributed by atoms with Crippen LogP contribution in [0.25, 0.3) is 0 Å². The molecule has 1 aliphatic heterocycles. The Morgan fingerprint density at radius 1 is 0.741 bits per heavy atom. The van der Waals surface area contributed by atoms with E-state index in [9.17, 15) is 5.11 Å². The third kappa shape index (κ3) is 10.5. The first-order valence-electron chi connectivity index (χ1n) is 17.9. The molecule has 0 spiro atoms. The van der Waals surface area contributed by atoms with Gasteiger partial charge in [0.05, 0.1) is 33.0 Å². The smallest absolute Gasteiger partial charge is 0.225 e. The molecule has 5 aromatic rings. The molecule has 2 unspecified atom stereocenters. The van der Waals surface area contributed by atoms with Gasteiger partial charge in [0.25, 0.3) is 0 Å². The molecule has 284 valence electrons. The first-order chi connectivity index (χ1) is 26.4. The minimum Gasteiger partial charge on any atom is -0.494 e.